The maximum absolute atomic E-state index is 10.0. The summed E-state index contributed by atoms with van der Waals surface area (Å²) in [6.07, 6.45) is -0.258. The molecule has 0 amide bonds. The minimum absolute atomic E-state index is 0.119. The molecule has 2 nitrogen and oxygen atoms in total. The molecule has 1 atom stereocenters. The molecule has 2 aromatic rings. The van der Waals surface area contributed by atoms with Crippen molar-refractivity contribution in [1.82, 2.24) is 0 Å². The van der Waals surface area contributed by atoms with Crippen molar-refractivity contribution in [3.05, 3.63) is 64.7 Å². The van der Waals surface area contributed by atoms with Crippen molar-refractivity contribution in [3.8, 4) is 5.75 Å². The fourth-order valence-corrected chi connectivity index (χ4v) is 1.85. The zero-order valence-electron chi connectivity index (χ0n) is 9.18. The van der Waals surface area contributed by atoms with Crippen LogP contribution in [0.5, 0.6) is 5.75 Å². The van der Waals surface area contributed by atoms with E-state index in [0.717, 1.165) is 5.56 Å². The van der Waals surface area contributed by atoms with Crippen molar-refractivity contribution in [2.45, 2.75) is 12.5 Å². The summed E-state index contributed by atoms with van der Waals surface area (Å²) < 4.78 is 0. The fourth-order valence-electron chi connectivity index (χ4n) is 1.72. The van der Waals surface area contributed by atoms with Crippen molar-refractivity contribution in [3.63, 3.8) is 0 Å². The van der Waals surface area contributed by atoms with Gasteiger partial charge in [0.15, 0.2) is 0 Å². The SMILES string of the molecule is Oc1ccccc1[C@H](O)Cc1ccc(Cl)cc1. The van der Waals surface area contributed by atoms with E-state index in [1.165, 1.54) is 0 Å². The van der Waals surface area contributed by atoms with Crippen LogP contribution in [0.4, 0.5) is 0 Å². The first-order valence-corrected chi connectivity index (χ1v) is 5.75. The molecule has 0 unspecified atom stereocenters. The zero-order valence-corrected chi connectivity index (χ0v) is 9.93. The smallest absolute Gasteiger partial charge is 0.121 e. The van der Waals surface area contributed by atoms with Crippen LogP contribution < -0.4 is 0 Å². The van der Waals surface area contributed by atoms with Crippen molar-refractivity contribution < 1.29 is 10.2 Å². The van der Waals surface area contributed by atoms with Gasteiger partial charge in [0.05, 0.1) is 6.10 Å². The number of halogens is 1. The lowest BCUT2D eigenvalue weighted by Gasteiger charge is -2.12. The second-order valence-corrected chi connectivity index (χ2v) is 4.34. The van der Waals surface area contributed by atoms with Gasteiger partial charge in [-0.3, -0.25) is 0 Å². The predicted molar refractivity (Wildman–Crippen MR) is 68.2 cm³/mol. The van der Waals surface area contributed by atoms with E-state index in [1.807, 2.05) is 12.1 Å². The molecule has 3 heteroatoms. The third-order valence-corrected chi connectivity index (χ3v) is 2.89. The Labute approximate surface area is 105 Å². The van der Waals surface area contributed by atoms with Gasteiger partial charge in [0.1, 0.15) is 5.75 Å². The molecule has 2 N–H and O–H groups in total. The first-order valence-electron chi connectivity index (χ1n) is 5.37. The molecule has 0 bridgehead atoms. The van der Waals surface area contributed by atoms with Crippen LogP contribution in [0.2, 0.25) is 5.02 Å². The van der Waals surface area contributed by atoms with Crippen LogP contribution in [-0.2, 0) is 6.42 Å². The highest BCUT2D eigenvalue weighted by molar-refractivity contribution is 6.30. The quantitative estimate of drug-likeness (QED) is 0.875. The van der Waals surface area contributed by atoms with Crippen molar-refractivity contribution in [2.24, 2.45) is 0 Å². The minimum atomic E-state index is -0.711. The number of benzene rings is 2. The van der Waals surface area contributed by atoms with Gasteiger partial charge in [-0.05, 0) is 23.8 Å². The molecule has 2 rings (SSSR count). The summed E-state index contributed by atoms with van der Waals surface area (Å²) in [5.74, 6) is 0.119. The number of phenols is 1. The number of hydrogen-bond acceptors (Lipinski definition) is 2. The maximum atomic E-state index is 10.0. The highest BCUT2D eigenvalue weighted by atomic mass is 35.5. The molecule has 2 aromatic carbocycles. The molecule has 0 saturated heterocycles. The van der Waals surface area contributed by atoms with E-state index in [1.54, 1.807) is 36.4 Å². The normalized spacial score (nSPS) is 12.4. The molecule has 0 spiro atoms. The molecule has 0 fully saturated rings. The van der Waals surface area contributed by atoms with E-state index in [4.69, 9.17) is 11.6 Å². The average Bonchev–Trinajstić information content (AvgIpc) is 2.32. The molecular formula is C14H13ClO2. The van der Waals surface area contributed by atoms with Crippen LogP contribution in [-0.4, -0.2) is 10.2 Å². The monoisotopic (exact) mass is 248 g/mol. The number of hydrogen-bond donors (Lipinski definition) is 2. The summed E-state index contributed by atoms with van der Waals surface area (Å²) in [5, 5.41) is 20.3. The van der Waals surface area contributed by atoms with Gasteiger partial charge < -0.3 is 10.2 Å². The topological polar surface area (TPSA) is 40.5 Å². The molecule has 0 radical (unpaired) electrons. The van der Waals surface area contributed by atoms with Crippen LogP contribution in [0.25, 0.3) is 0 Å². The first kappa shape index (κ1) is 12.0. The fraction of sp³-hybridized carbons (Fsp3) is 0.143. The Hall–Kier alpha value is -1.51. The van der Waals surface area contributed by atoms with E-state index in [2.05, 4.69) is 0 Å². The molecule has 0 aliphatic heterocycles. The highest BCUT2D eigenvalue weighted by Crippen LogP contribution is 2.26. The Morgan fingerprint density at radius 1 is 1.00 bits per heavy atom. The Morgan fingerprint density at radius 3 is 2.29 bits per heavy atom. The number of para-hydroxylation sites is 1. The van der Waals surface area contributed by atoms with Gasteiger partial charge in [-0.2, -0.15) is 0 Å². The number of aromatic hydroxyl groups is 1. The lowest BCUT2D eigenvalue weighted by Crippen LogP contribution is -2.01. The van der Waals surface area contributed by atoms with Gasteiger partial charge >= 0.3 is 0 Å². The van der Waals surface area contributed by atoms with E-state index >= 15 is 0 Å². The minimum Gasteiger partial charge on any atom is -0.508 e. The summed E-state index contributed by atoms with van der Waals surface area (Å²) in [6, 6.07) is 14.1. The third kappa shape index (κ3) is 2.99. The van der Waals surface area contributed by atoms with Gasteiger partial charge in [-0.25, -0.2) is 0 Å². The Bertz CT molecular complexity index is 494. The Morgan fingerprint density at radius 2 is 1.65 bits per heavy atom. The van der Waals surface area contributed by atoms with E-state index in [-0.39, 0.29) is 5.75 Å². The molecule has 0 saturated carbocycles. The molecular weight excluding hydrogens is 236 g/mol. The second-order valence-electron chi connectivity index (χ2n) is 3.91. The summed E-state index contributed by atoms with van der Waals surface area (Å²) in [7, 11) is 0. The largest absolute Gasteiger partial charge is 0.508 e. The number of phenolic OH excluding ortho intramolecular Hbond substituents is 1. The first-order chi connectivity index (χ1) is 8.16. The summed E-state index contributed by atoms with van der Waals surface area (Å²) in [4.78, 5) is 0. The average molecular weight is 249 g/mol. The second kappa shape index (κ2) is 5.21. The standard InChI is InChI=1S/C14H13ClO2/c15-11-7-5-10(6-8-11)9-14(17)12-3-1-2-4-13(12)16/h1-8,14,16-17H,9H2/t14-/m1/s1. The van der Waals surface area contributed by atoms with E-state index in [9.17, 15) is 10.2 Å². The molecule has 0 aliphatic rings. The van der Waals surface area contributed by atoms with Gasteiger partial charge in [0, 0.05) is 17.0 Å². The molecule has 17 heavy (non-hydrogen) atoms. The van der Waals surface area contributed by atoms with Gasteiger partial charge in [0.2, 0.25) is 0 Å². The van der Waals surface area contributed by atoms with Crippen LogP contribution in [0.3, 0.4) is 0 Å². The lowest BCUT2D eigenvalue weighted by molar-refractivity contribution is 0.174. The van der Waals surface area contributed by atoms with Crippen molar-refractivity contribution in [1.29, 1.82) is 0 Å². The summed E-state index contributed by atoms with van der Waals surface area (Å²) in [6.45, 7) is 0. The van der Waals surface area contributed by atoms with Crippen molar-refractivity contribution in [2.75, 3.05) is 0 Å². The molecule has 0 aromatic heterocycles. The summed E-state index contributed by atoms with van der Waals surface area (Å²) in [5.41, 5.74) is 1.52. The third-order valence-electron chi connectivity index (χ3n) is 2.64. The van der Waals surface area contributed by atoms with Crippen LogP contribution >= 0.6 is 11.6 Å². The van der Waals surface area contributed by atoms with Gasteiger partial charge in [-0.1, -0.05) is 41.9 Å². The van der Waals surface area contributed by atoms with Crippen LogP contribution in [0.1, 0.15) is 17.2 Å². The number of rotatable bonds is 3. The predicted octanol–water partition coefficient (Wildman–Crippen LogP) is 3.32. The maximum Gasteiger partial charge on any atom is 0.121 e. The molecule has 0 heterocycles. The number of aliphatic hydroxyl groups is 1. The summed E-state index contributed by atoms with van der Waals surface area (Å²) >= 11 is 5.79. The van der Waals surface area contributed by atoms with E-state index < -0.39 is 6.10 Å². The van der Waals surface area contributed by atoms with Gasteiger partial charge in [-0.15, -0.1) is 0 Å². The van der Waals surface area contributed by atoms with Crippen molar-refractivity contribution >= 4 is 11.6 Å². The van der Waals surface area contributed by atoms with Crippen LogP contribution in [0.15, 0.2) is 48.5 Å². The van der Waals surface area contributed by atoms with Crippen LogP contribution in [0, 0.1) is 0 Å². The Balaban J connectivity index is 2.14. The highest BCUT2D eigenvalue weighted by Gasteiger charge is 2.12. The van der Waals surface area contributed by atoms with E-state index in [0.29, 0.717) is 17.0 Å². The lowest BCUT2D eigenvalue weighted by atomic mass is 10.0. The van der Waals surface area contributed by atoms with Gasteiger partial charge in [0.25, 0.3) is 0 Å². The number of aliphatic hydroxyl groups excluding tert-OH is 1. The Kier molecular flexibility index (Phi) is 3.67. The molecule has 88 valence electrons. The molecule has 0 aliphatic carbocycles. The zero-order chi connectivity index (χ0) is 12.3.